The molecule has 0 aliphatic heterocycles. The molecule has 1 aromatic heterocycles. The second-order valence-corrected chi connectivity index (χ2v) is 9.87. The Bertz CT molecular complexity index is 1460. The molecule has 0 unspecified atom stereocenters. The summed E-state index contributed by atoms with van der Waals surface area (Å²) in [5.41, 5.74) is 5.57. The van der Waals surface area contributed by atoms with Crippen molar-refractivity contribution in [1.82, 2.24) is 10.3 Å². The van der Waals surface area contributed by atoms with E-state index in [1.165, 1.54) is 0 Å². The number of benzene rings is 2. The van der Waals surface area contributed by atoms with Crippen molar-refractivity contribution in [1.29, 1.82) is 5.26 Å². The molecule has 6 nitrogen and oxygen atoms in total. The Kier molecular flexibility index (Phi) is 19.1. The molecule has 0 atom stereocenters. The fraction of sp³-hybridized carbons (Fsp3) is 0.297. The van der Waals surface area contributed by atoms with Gasteiger partial charge in [-0.1, -0.05) is 92.8 Å². The molecule has 3 aromatic rings. The fourth-order valence-corrected chi connectivity index (χ4v) is 4.07. The second-order valence-electron chi connectivity index (χ2n) is 9.46. The Morgan fingerprint density at radius 3 is 2.41 bits per heavy atom. The number of nitrogens with one attached hydrogen (secondary N) is 3. The van der Waals surface area contributed by atoms with E-state index < -0.39 is 0 Å². The zero-order chi connectivity index (χ0) is 32.7. The van der Waals surface area contributed by atoms with Gasteiger partial charge in [0.2, 0.25) is 0 Å². The molecule has 1 heterocycles. The zero-order valence-electron chi connectivity index (χ0n) is 27.1. The van der Waals surface area contributed by atoms with Gasteiger partial charge < -0.3 is 20.7 Å². The molecule has 0 fully saturated rings. The minimum absolute atomic E-state index is 0.447. The van der Waals surface area contributed by atoms with Crippen LogP contribution in [0.15, 0.2) is 97.8 Å². The number of aryl methyl sites for hydroxylation is 1. The highest BCUT2D eigenvalue weighted by Gasteiger charge is 2.14. The summed E-state index contributed by atoms with van der Waals surface area (Å²) in [6.45, 7) is 17.3. The molecule has 0 bridgehead atoms. The van der Waals surface area contributed by atoms with Gasteiger partial charge in [-0.2, -0.15) is 5.26 Å². The van der Waals surface area contributed by atoms with Crippen LogP contribution in [0.25, 0.3) is 10.9 Å². The molecular formula is C37H48ClN5O. The highest BCUT2D eigenvalue weighted by molar-refractivity contribution is 6.31. The third kappa shape index (κ3) is 12.9. The summed E-state index contributed by atoms with van der Waals surface area (Å²) < 4.78 is 5.73. The lowest BCUT2D eigenvalue weighted by molar-refractivity contribution is 0.342. The highest BCUT2D eigenvalue weighted by Crippen LogP contribution is 2.36. The van der Waals surface area contributed by atoms with Crippen molar-refractivity contribution in [2.45, 2.75) is 47.0 Å². The molecule has 44 heavy (non-hydrogen) atoms. The van der Waals surface area contributed by atoms with Crippen LogP contribution in [0.4, 0.5) is 17.1 Å². The van der Waals surface area contributed by atoms with E-state index in [4.69, 9.17) is 16.3 Å². The Morgan fingerprint density at radius 1 is 1.11 bits per heavy atom. The molecule has 3 rings (SSSR count). The van der Waals surface area contributed by atoms with Gasteiger partial charge in [0.15, 0.2) is 0 Å². The number of nitrogens with zero attached hydrogens (tertiary/aromatic N) is 2. The normalized spacial score (nSPS) is 10.6. The highest BCUT2D eigenvalue weighted by atomic mass is 35.5. The first-order valence-corrected chi connectivity index (χ1v) is 15.3. The molecule has 0 spiro atoms. The summed E-state index contributed by atoms with van der Waals surface area (Å²) in [5, 5.41) is 20.7. The van der Waals surface area contributed by atoms with Gasteiger partial charge in [-0.15, -0.1) is 0 Å². The van der Waals surface area contributed by atoms with E-state index in [9.17, 15) is 5.26 Å². The molecule has 0 saturated heterocycles. The van der Waals surface area contributed by atoms with Crippen LogP contribution >= 0.6 is 11.6 Å². The lowest BCUT2D eigenvalue weighted by atomic mass is 10.0. The topological polar surface area (TPSA) is 82.0 Å². The molecule has 0 aliphatic rings. The maximum atomic E-state index is 9.70. The predicted molar refractivity (Wildman–Crippen MR) is 193 cm³/mol. The van der Waals surface area contributed by atoms with Gasteiger partial charge in [-0.25, -0.2) is 0 Å². The Labute approximate surface area is 269 Å². The van der Waals surface area contributed by atoms with E-state index in [0.29, 0.717) is 22.9 Å². The maximum Gasteiger partial charge on any atom is 0.144 e. The van der Waals surface area contributed by atoms with Gasteiger partial charge in [-0.3, -0.25) is 4.98 Å². The largest absolute Gasteiger partial charge is 0.492 e. The zero-order valence-corrected chi connectivity index (χ0v) is 27.9. The van der Waals surface area contributed by atoms with Crippen LogP contribution in [-0.2, 0) is 6.42 Å². The number of nitriles is 1. The lowest BCUT2D eigenvalue weighted by Gasteiger charge is -2.16. The summed E-state index contributed by atoms with van der Waals surface area (Å²) in [7, 11) is 3.77. The molecule has 7 heteroatoms. The quantitative estimate of drug-likeness (QED) is 0.166. The molecule has 0 saturated carbocycles. The number of ether oxygens (including phenoxy) is 1. The number of fused-ring (bicyclic) bond motifs is 1. The Hall–Kier alpha value is -4.31. The number of hydrogen-bond acceptors (Lipinski definition) is 6. The average Bonchev–Trinajstić information content (AvgIpc) is 3.04. The number of hydrogen-bond donors (Lipinski definition) is 3. The van der Waals surface area contributed by atoms with Crippen molar-refractivity contribution < 1.29 is 4.74 Å². The lowest BCUT2D eigenvalue weighted by Crippen LogP contribution is -2.01. The number of anilines is 3. The van der Waals surface area contributed by atoms with Crippen molar-refractivity contribution >= 4 is 39.6 Å². The second kappa shape index (κ2) is 22.3. The molecule has 2 aromatic carbocycles. The standard InChI is InChI=1S/C28H29ClN4O.C6H10.C3H9N/c1-5-7-8-9-19(3)10-11-20-12-13-22(14-24(20)29)33-28-21(17-30)18-32-25-16-27(34-6-2)26(31-4)15-23(25)28;1-3-5-6-4-2;1-3-4-2/h5,7-9,12-16,18,31H,3,6,10-11H2,1-2,4H3,(H,32,33);3,5-6H,1,4H2,2H3;4H,3H2,1-2H3/b7-5-,9-8-;6-5+;. The van der Waals surface area contributed by atoms with Crippen molar-refractivity contribution in [3.05, 3.63) is 114 Å². The van der Waals surface area contributed by atoms with Gasteiger partial charge in [0.05, 0.1) is 29.1 Å². The van der Waals surface area contributed by atoms with Crippen molar-refractivity contribution in [3.8, 4) is 11.8 Å². The van der Waals surface area contributed by atoms with Crippen LogP contribution in [0.5, 0.6) is 5.75 Å². The van der Waals surface area contributed by atoms with Crippen molar-refractivity contribution in [3.63, 3.8) is 0 Å². The summed E-state index contributed by atoms with van der Waals surface area (Å²) in [6, 6.07) is 11.9. The minimum Gasteiger partial charge on any atom is -0.492 e. The summed E-state index contributed by atoms with van der Waals surface area (Å²) in [4.78, 5) is 4.46. The molecule has 3 N–H and O–H groups in total. The van der Waals surface area contributed by atoms with Crippen molar-refractivity contribution in [2.75, 3.05) is 37.9 Å². The third-order valence-corrected chi connectivity index (χ3v) is 6.55. The van der Waals surface area contributed by atoms with E-state index in [1.807, 2.05) is 88.7 Å². The van der Waals surface area contributed by atoms with E-state index in [-0.39, 0.29) is 0 Å². The SMILES string of the molecule is C=C(/C=C\C=C/C)CCc1ccc(Nc2c(C#N)cnc3cc(OCC)c(NC)cc23)cc1Cl.C=C/C=C/CC.CCNC. The molecule has 234 valence electrons. The summed E-state index contributed by atoms with van der Waals surface area (Å²) in [5.74, 6) is 0.718. The van der Waals surface area contributed by atoms with Crippen LogP contribution in [0.2, 0.25) is 5.02 Å². The third-order valence-electron chi connectivity index (χ3n) is 6.19. The first-order valence-electron chi connectivity index (χ1n) is 15.0. The van der Waals surface area contributed by atoms with Gasteiger partial charge in [0.1, 0.15) is 11.8 Å². The fourth-order valence-electron chi connectivity index (χ4n) is 3.80. The molecule has 0 radical (unpaired) electrons. The van der Waals surface area contributed by atoms with Gasteiger partial charge in [-0.05, 0) is 70.5 Å². The van der Waals surface area contributed by atoms with Gasteiger partial charge in [0, 0.05) is 35.4 Å². The number of pyridine rings is 1. The maximum absolute atomic E-state index is 9.70. The van der Waals surface area contributed by atoms with Crippen LogP contribution in [0, 0.1) is 11.3 Å². The van der Waals surface area contributed by atoms with Crippen LogP contribution in [0.3, 0.4) is 0 Å². The van der Waals surface area contributed by atoms with Crippen LogP contribution < -0.4 is 20.7 Å². The molecule has 0 amide bonds. The average molecular weight is 614 g/mol. The summed E-state index contributed by atoms with van der Waals surface area (Å²) >= 11 is 6.60. The number of allylic oxidation sites excluding steroid dienone is 8. The van der Waals surface area contributed by atoms with E-state index in [0.717, 1.165) is 65.0 Å². The molecular weight excluding hydrogens is 566 g/mol. The van der Waals surface area contributed by atoms with Gasteiger partial charge >= 0.3 is 0 Å². The molecule has 0 aliphatic carbocycles. The van der Waals surface area contributed by atoms with E-state index in [2.05, 4.69) is 60.1 Å². The predicted octanol–water partition coefficient (Wildman–Crippen LogP) is 9.93. The van der Waals surface area contributed by atoms with E-state index >= 15 is 0 Å². The van der Waals surface area contributed by atoms with Crippen molar-refractivity contribution in [2.24, 2.45) is 0 Å². The first kappa shape index (κ1) is 37.7. The van der Waals surface area contributed by atoms with Gasteiger partial charge in [0.25, 0.3) is 0 Å². The Morgan fingerprint density at radius 2 is 1.86 bits per heavy atom. The number of halogens is 1. The number of rotatable bonds is 13. The first-order chi connectivity index (χ1) is 21.3. The minimum atomic E-state index is 0.447. The smallest absolute Gasteiger partial charge is 0.144 e. The van der Waals surface area contributed by atoms with Crippen LogP contribution in [0.1, 0.15) is 51.7 Å². The van der Waals surface area contributed by atoms with E-state index in [1.54, 1.807) is 12.3 Å². The van der Waals surface area contributed by atoms with Crippen LogP contribution in [-0.4, -0.2) is 32.2 Å². The number of aromatic nitrogens is 1. The Balaban J connectivity index is 0.000000837. The summed E-state index contributed by atoms with van der Waals surface area (Å²) in [6.07, 6.45) is 18.0. The monoisotopic (exact) mass is 613 g/mol.